The number of nitrogens with one attached hydrogen (secondary N) is 1. The van der Waals surface area contributed by atoms with Gasteiger partial charge in [0, 0.05) is 11.0 Å². The molecule has 0 fully saturated rings. The van der Waals surface area contributed by atoms with Gasteiger partial charge in [-0.2, -0.15) is 0 Å². The van der Waals surface area contributed by atoms with Crippen molar-refractivity contribution in [2.24, 2.45) is 11.8 Å². The SMILES string of the molecule is CC(C)C(C)CNC(=O)c1c(F)cccc1Br. The first-order chi connectivity index (χ1) is 7.93. The Kier molecular flexibility index (Phi) is 5.12. The van der Waals surface area contributed by atoms with Gasteiger partial charge in [0.25, 0.3) is 5.91 Å². The molecule has 0 radical (unpaired) electrons. The Labute approximate surface area is 110 Å². The van der Waals surface area contributed by atoms with Crippen molar-refractivity contribution >= 4 is 21.8 Å². The summed E-state index contributed by atoms with van der Waals surface area (Å²) in [6.45, 7) is 6.80. The zero-order chi connectivity index (χ0) is 13.0. The molecule has 4 heteroatoms. The van der Waals surface area contributed by atoms with Crippen molar-refractivity contribution in [1.82, 2.24) is 5.32 Å². The zero-order valence-electron chi connectivity index (χ0n) is 10.3. The molecule has 94 valence electrons. The maximum Gasteiger partial charge on any atom is 0.255 e. The van der Waals surface area contributed by atoms with E-state index in [2.05, 4.69) is 42.0 Å². The van der Waals surface area contributed by atoms with Crippen LogP contribution < -0.4 is 5.32 Å². The molecular formula is C13H17BrFNO. The van der Waals surface area contributed by atoms with E-state index in [1.54, 1.807) is 12.1 Å². The lowest BCUT2D eigenvalue weighted by molar-refractivity contribution is 0.0940. The van der Waals surface area contributed by atoms with Crippen molar-refractivity contribution < 1.29 is 9.18 Å². The van der Waals surface area contributed by atoms with Crippen molar-refractivity contribution in [2.75, 3.05) is 6.54 Å². The lowest BCUT2D eigenvalue weighted by atomic mass is 9.98. The minimum absolute atomic E-state index is 0.0726. The first-order valence-electron chi connectivity index (χ1n) is 5.65. The molecule has 1 atom stereocenters. The van der Waals surface area contributed by atoms with Crippen LogP contribution in [0.2, 0.25) is 0 Å². The van der Waals surface area contributed by atoms with Gasteiger partial charge in [-0.05, 0) is 39.9 Å². The number of carbonyl (C=O) groups is 1. The molecule has 1 amide bonds. The van der Waals surface area contributed by atoms with E-state index in [4.69, 9.17) is 0 Å². The largest absolute Gasteiger partial charge is 0.352 e. The molecule has 1 aromatic carbocycles. The first-order valence-corrected chi connectivity index (χ1v) is 6.45. The van der Waals surface area contributed by atoms with Gasteiger partial charge >= 0.3 is 0 Å². The number of benzene rings is 1. The summed E-state index contributed by atoms with van der Waals surface area (Å²) < 4.78 is 14.0. The van der Waals surface area contributed by atoms with Gasteiger partial charge in [0.15, 0.2) is 0 Å². The normalized spacial score (nSPS) is 12.6. The Morgan fingerprint density at radius 3 is 2.59 bits per heavy atom. The summed E-state index contributed by atoms with van der Waals surface area (Å²) in [5, 5.41) is 2.75. The molecule has 0 saturated carbocycles. The van der Waals surface area contributed by atoms with E-state index in [1.807, 2.05) is 0 Å². The van der Waals surface area contributed by atoms with Gasteiger partial charge in [0.1, 0.15) is 5.82 Å². The van der Waals surface area contributed by atoms with Crippen molar-refractivity contribution in [3.63, 3.8) is 0 Å². The molecule has 0 spiro atoms. The summed E-state index contributed by atoms with van der Waals surface area (Å²) >= 11 is 3.18. The van der Waals surface area contributed by atoms with E-state index in [0.717, 1.165) is 0 Å². The number of rotatable bonds is 4. The number of hydrogen-bond donors (Lipinski definition) is 1. The van der Waals surface area contributed by atoms with Crippen LogP contribution in [0.3, 0.4) is 0 Å². The number of carbonyl (C=O) groups excluding carboxylic acids is 1. The summed E-state index contributed by atoms with van der Waals surface area (Å²) in [5.74, 6) is -0.0274. The predicted octanol–water partition coefficient (Wildman–Crippen LogP) is 3.61. The van der Waals surface area contributed by atoms with Crippen LogP contribution in [0.4, 0.5) is 4.39 Å². The summed E-state index contributed by atoms with van der Waals surface area (Å²) in [4.78, 5) is 11.8. The molecule has 0 aliphatic carbocycles. The van der Waals surface area contributed by atoms with E-state index in [0.29, 0.717) is 22.9 Å². The number of hydrogen-bond acceptors (Lipinski definition) is 1. The molecular weight excluding hydrogens is 285 g/mol. The lowest BCUT2D eigenvalue weighted by Gasteiger charge is -2.16. The van der Waals surface area contributed by atoms with Gasteiger partial charge in [-0.15, -0.1) is 0 Å². The second-order valence-electron chi connectivity index (χ2n) is 4.53. The second-order valence-corrected chi connectivity index (χ2v) is 5.38. The number of amides is 1. The fourth-order valence-corrected chi connectivity index (χ4v) is 1.81. The predicted molar refractivity (Wildman–Crippen MR) is 70.4 cm³/mol. The molecule has 0 aliphatic heterocycles. The Hall–Kier alpha value is -0.900. The third-order valence-corrected chi connectivity index (χ3v) is 3.57. The van der Waals surface area contributed by atoms with Crippen molar-refractivity contribution in [2.45, 2.75) is 20.8 Å². The van der Waals surface area contributed by atoms with Crippen LogP contribution in [-0.2, 0) is 0 Å². The van der Waals surface area contributed by atoms with Crippen molar-refractivity contribution in [3.05, 3.63) is 34.1 Å². The van der Waals surface area contributed by atoms with Crippen molar-refractivity contribution in [1.29, 1.82) is 0 Å². The molecule has 0 bridgehead atoms. The maximum atomic E-state index is 13.5. The monoisotopic (exact) mass is 301 g/mol. The van der Waals surface area contributed by atoms with Crippen molar-refractivity contribution in [3.8, 4) is 0 Å². The van der Waals surface area contributed by atoms with Crippen LogP contribution in [0.25, 0.3) is 0 Å². The molecule has 1 aromatic rings. The zero-order valence-corrected chi connectivity index (χ0v) is 11.8. The highest BCUT2D eigenvalue weighted by Crippen LogP contribution is 2.19. The topological polar surface area (TPSA) is 29.1 Å². The van der Waals surface area contributed by atoms with E-state index < -0.39 is 5.82 Å². The molecule has 1 rings (SSSR count). The average Bonchev–Trinajstić information content (AvgIpc) is 2.25. The summed E-state index contributed by atoms with van der Waals surface area (Å²) in [5.41, 5.74) is 0.0726. The van der Waals surface area contributed by atoms with Gasteiger partial charge in [0.05, 0.1) is 5.56 Å². The minimum atomic E-state index is -0.505. The standard InChI is InChI=1S/C13H17BrFNO/c1-8(2)9(3)7-16-13(17)12-10(14)5-4-6-11(12)15/h4-6,8-9H,7H2,1-3H3,(H,16,17). The molecule has 0 aromatic heterocycles. The highest BCUT2D eigenvalue weighted by molar-refractivity contribution is 9.10. The van der Waals surface area contributed by atoms with E-state index in [-0.39, 0.29) is 11.5 Å². The van der Waals surface area contributed by atoms with Crippen LogP contribution >= 0.6 is 15.9 Å². The van der Waals surface area contributed by atoms with E-state index >= 15 is 0 Å². The Morgan fingerprint density at radius 2 is 2.06 bits per heavy atom. The molecule has 0 aliphatic rings. The van der Waals surface area contributed by atoms with Crippen LogP contribution in [0.15, 0.2) is 22.7 Å². The molecule has 1 unspecified atom stereocenters. The van der Waals surface area contributed by atoms with Gasteiger partial charge in [0.2, 0.25) is 0 Å². The van der Waals surface area contributed by atoms with Crippen LogP contribution in [0, 0.1) is 17.7 Å². The fraction of sp³-hybridized carbons (Fsp3) is 0.462. The third kappa shape index (κ3) is 3.80. The van der Waals surface area contributed by atoms with Gasteiger partial charge < -0.3 is 5.32 Å². The quantitative estimate of drug-likeness (QED) is 0.904. The molecule has 0 saturated heterocycles. The van der Waals surface area contributed by atoms with Gasteiger partial charge in [-0.25, -0.2) is 4.39 Å². The smallest absolute Gasteiger partial charge is 0.255 e. The average molecular weight is 302 g/mol. The Bertz CT molecular complexity index is 386. The first kappa shape index (κ1) is 14.2. The Balaban J connectivity index is 2.71. The fourth-order valence-electron chi connectivity index (χ4n) is 1.29. The molecule has 17 heavy (non-hydrogen) atoms. The highest BCUT2D eigenvalue weighted by atomic mass is 79.9. The van der Waals surface area contributed by atoms with Crippen LogP contribution in [-0.4, -0.2) is 12.5 Å². The number of halogens is 2. The highest BCUT2D eigenvalue weighted by Gasteiger charge is 2.16. The van der Waals surface area contributed by atoms with Gasteiger partial charge in [-0.3, -0.25) is 4.79 Å². The summed E-state index contributed by atoms with van der Waals surface area (Å²) in [6, 6.07) is 4.50. The molecule has 0 heterocycles. The lowest BCUT2D eigenvalue weighted by Crippen LogP contribution is -2.31. The van der Waals surface area contributed by atoms with Gasteiger partial charge in [-0.1, -0.05) is 26.8 Å². The second kappa shape index (κ2) is 6.15. The maximum absolute atomic E-state index is 13.5. The summed E-state index contributed by atoms with van der Waals surface area (Å²) in [6.07, 6.45) is 0. The van der Waals surface area contributed by atoms with Crippen LogP contribution in [0.1, 0.15) is 31.1 Å². The van der Waals surface area contributed by atoms with E-state index in [9.17, 15) is 9.18 Å². The summed E-state index contributed by atoms with van der Waals surface area (Å²) in [7, 11) is 0. The van der Waals surface area contributed by atoms with Crippen LogP contribution in [0.5, 0.6) is 0 Å². The van der Waals surface area contributed by atoms with E-state index in [1.165, 1.54) is 6.07 Å². The third-order valence-electron chi connectivity index (χ3n) is 2.91. The Morgan fingerprint density at radius 1 is 1.41 bits per heavy atom. The molecule has 2 nitrogen and oxygen atoms in total. The minimum Gasteiger partial charge on any atom is -0.352 e. The molecule has 1 N–H and O–H groups in total.